The van der Waals surface area contributed by atoms with Crippen LogP contribution in [0.4, 0.5) is 0 Å². The van der Waals surface area contributed by atoms with E-state index in [1.807, 2.05) is 19.1 Å². The van der Waals surface area contributed by atoms with Gasteiger partial charge in [-0.05, 0) is 37.2 Å². The van der Waals surface area contributed by atoms with E-state index in [9.17, 15) is 9.90 Å². The van der Waals surface area contributed by atoms with Crippen LogP contribution in [-0.4, -0.2) is 54.0 Å². The second-order valence-electron chi connectivity index (χ2n) is 7.10. The predicted molar refractivity (Wildman–Crippen MR) is 103 cm³/mol. The molecule has 1 aliphatic heterocycles. The van der Waals surface area contributed by atoms with Gasteiger partial charge < -0.3 is 15.3 Å². The summed E-state index contributed by atoms with van der Waals surface area (Å²) in [6.07, 6.45) is 0. The van der Waals surface area contributed by atoms with Crippen molar-refractivity contribution in [1.29, 1.82) is 0 Å². The van der Waals surface area contributed by atoms with Crippen molar-refractivity contribution < 1.29 is 9.90 Å². The van der Waals surface area contributed by atoms with E-state index in [4.69, 9.17) is 0 Å². The second-order valence-corrected chi connectivity index (χ2v) is 7.10. The molecule has 0 radical (unpaired) electrons. The summed E-state index contributed by atoms with van der Waals surface area (Å²) in [6, 6.07) is 13.4. The summed E-state index contributed by atoms with van der Waals surface area (Å²) in [6.45, 7) is 7.68. The monoisotopic (exact) mass is 353 g/mol. The molecule has 26 heavy (non-hydrogen) atoms. The third-order valence-corrected chi connectivity index (χ3v) is 4.84. The lowest BCUT2D eigenvalue weighted by atomic mass is 10.1. The number of carbonyl (C=O) groups excluding carboxylic acids is 1. The second kappa shape index (κ2) is 8.34. The Bertz CT molecular complexity index is 768. The van der Waals surface area contributed by atoms with Gasteiger partial charge in [-0.1, -0.05) is 35.9 Å². The Labute approximate surface area is 155 Å². The van der Waals surface area contributed by atoms with E-state index < -0.39 is 0 Å². The van der Waals surface area contributed by atoms with Gasteiger partial charge in [0.15, 0.2) is 0 Å². The number of phenols is 1. The van der Waals surface area contributed by atoms with Crippen LogP contribution in [0.5, 0.6) is 5.75 Å². The fourth-order valence-electron chi connectivity index (χ4n) is 3.21. The van der Waals surface area contributed by atoms with Crippen molar-refractivity contribution in [3.05, 3.63) is 64.7 Å². The number of likely N-dealkylation sites (N-methyl/N-ethyl adjacent to an activating group) is 1. The van der Waals surface area contributed by atoms with E-state index in [1.54, 1.807) is 18.2 Å². The fraction of sp³-hybridized carbons (Fsp3) is 0.381. The third-order valence-electron chi connectivity index (χ3n) is 4.84. The number of rotatable bonds is 5. The minimum Gasteiger partial charge on any atom is -0.507 e. The SMILES string of the molecule is Cc1ccc(O)c(C(=O)NCc2cccc(CN3CCN(C)CC3)c2)c1. The summed E-state index contributed by atoms with van der Waals surface area (Å²) in [5.74, 6) is -0.243. The highest BCUT2D eigenvalue weighted by atomic mass is 16.3. The number of nitrogens with one attached hydrogen (secondary N) is 1. The molecule has 138 valence electrons. The summed E-state index contributed by atoms with van der Waals surface area (Å²) < 4.78 is 0. The Kier molecular flexibility index (Phi) is 5.91. The first kappa shape index (κ1) is 18.4. The van der Waals surface area contributed by atoms with Crippen molar-refractivity contribution in [3.8, 4) is 5.75 Å². The molecule has 0 aromatic heterocycles. The molecule has 0 aliphatic carbocycles. The largest absolute Gasteiger partial charge is 0.507 e. The van der Waals surface area contributed by atoms with Crippen molar-refractivity contribution in [3.63, 3.8) is 0 Å². The van der Waals surface area contributed by atoms with Crippen LogP contribution < -0.4 is 5.32 Å². The van der Waals surface area contributed by atoms with Crippen LogP contribution in [0.3, 0.4) is 0 Å². The smallest absolute Gasteiger partial charge is 0.255 e. The van der Waals surface area contributed by atoms with E-state index in [-0.39, 0.29) is 11.7 Å². The lowest BCUT2D eigenvalue weighted by Gasteiger charge is -2.32. The van der Waals surface area contributed by atoms with Gasteiger partial charge in [0, 0.05) is 39.3 Å². The summed E-state index contributed by atoms with van der Waals surface area (Å²) in [4.78, 5) is 17.2. The topological polar surface area (TPSA) is 55.8 Å². The highest BCUT2D eigenvalue weighted by Gasteiger charge is 2.14. The predicted octanol–water partition coefficient (Wildman–Crippen LogP) is 2.38. The highest BCUT2D eigenvalue weighted by molar-refractivity contribution is 5.96. The molecule has 1 saturated heterocycles. The van der Waals surface area contributed by atoms with Gasteiger partial charge in [0.2, 0.25) is 0 Å². The molecule has 5 nitrogen and oxygen atoms in total. The summed E-state index contributed by atoms with van der Waals surface area (Å²) in [5, 5.41) is 12.8. The van der Waals surface area contributed by atoms with Gasteiger partial charge >= 0.3 is 0 Å². The minimum atomic E-state index is -0.254. The average Bonchev–Trinajstić information content (AvgIpc) is 2.64. The van der Waals surface area contributed by atoms with Crippen LogP contribution in [-0.2, 0) is 13.1 Å². The molecule has 1 fully saturated rings. The van der Waals surface area contributed by atoms with Gasteiger partial charge in [0.1, 0.15) is 5.75 Å². The number of phenolic OH excluding ortho intramolecular Hbond substituents is 1. The number of hydrogen-bond acceptors (Lipinski definition) is 4. The first-order valence-electron chi connectivity index (χ1n) is 9.08. The first-order valence-corrected chi connectivity index (χ1v) is 9.08. The molecule has 5 heteroatoms. The molecular formula is C21H27N3O2. The van der Waals surface area contributed by atoms with Crippen LogP contribution in [0.2, 0.25) is 0 Å². The zero-order valence-electron chi connectivity index (χ0n) is 15.5. The van der Waals surface area contributed by atoms with Crippen LogP contribution >= 0.6 is 0 Å². The molecule has 3 rings (SSSR count). The van der Waals surface area contributed by atoms with Crippen LogP contribution in [0.15, 0.2) is 42.5 Å². The lowest BCUT2D eigenvalue weighted by Crippen LogP contribution is -2.43. The molecule has 0 atom stereocenters. The van der Waals surface area contributed by atoms with Gasteiger partial charge in [0.05, 0.1) is 5.56 Å². The van der Waals surface area contributed by atoms with E-state index in [2.05, 4.69) is 34.3 Å². The fourth-order valence-corrected chi connectivity index (χ4v) is 3.21. The van der Waals surface area contributed by atoms with Gasteiger partial charge in [-0.25, -0.2) is 0 Å². The number of piperazine rings is 1. The molecule has 0 saturated carbocycles. The number of hydrogen-bond donors (Lipinski definition) is 2. The summed E-state index contributed by atoms with van der Waals surface area (Å²) in [7, 11) is 2.16. The molecule has 2 aromatic rings. The van der Waals surface area contributed by atoms with Crippen molar-refractivity contribution >= 4 is 5.91 Å². The molecular weight excluding hydrogens is 326 g/mol. The van der Waals surface area contributed by atoms with Gasteiger partial charge in [-0.3, -0.25) is 9.69 Å². The van der Waals surface area contributed by atoms with E-state index in [1.165, 1.54) is 5.56 Å². The molecule has 2 aromatic carbocycles. The number of benzene rings is 2. The quantitative estimate of drug-likeness (QED) is 0.867. The maximum Gasteiger partial charge on any atom is 0.255 e. The van der Waals surface area contributed by atoms with E-state index in [0.717, 1.165) is 43.9 Å². The van der Waals surface area contributed by atoms with Crippen molar-refractivity contribution in [2.75, 3.05) is 33.2 Å². The van der Waals surface area contributed by atoms with Crippen LogP contribution in [0, 0.1) is 6.92 Å². The first-order chi connectivity index (χ1) is 12.5. The lowest BCUT2D eigenvalue weighted by molar-refractivity contribution is 0.0948. The third kappa shape index (κ3) is 4.84. The van der Waals surface area contributed by atoms with Crippen molar-refractivity contribution in [2.24, 2.45) is 0 Å². The molecule has 0 unspecified atom stereocenters. The van der Waals surface area contributed by atoms with Crippen molar-refractivity contribution in [1.82, 2.24) is 15.1 Å². The van der Waals surface area contributed by atoms with Crippen molar-refractivity contribution in [2.45, 2.75) is 20.0 Å². The van der Waals surface area contributed by atoms with Gasteiger partial charge in [-0.2, -0.15) is 0 Å². The Hall–Kier alpha value is -2.37. The van der Waals surface area contributed by atoms with Gasteiger partial charge in [-0.15, -0.1) is 0 Å². The molecule has 1 aliphatic rings. The molecule has 0 bridgehead atoms. The maximum absolute atomic E-state index is 12.3. The van der Waals surface area contributed by atoms with E-state index >= 15 is 0 Å². The average molecular weight is 353 g/mol. The Morgan fingerprint density at radius 3 is 2.58 bits per heavy atom. The van der Waals surface area contributed by atoms with Crippen LogP contribution in [0.1, 0.15) is 27.0 Å². The Balaban J connectivity index is 1.58. The normalized spacial score (nSPS) is 15.8. The minimum absolute atomic E-state index is 0.0110. The number of carbonyl (C=O) groups is 1. The highest BCUT2D eigenvalue weighted by Crippen LogP contribution is 2.18. The van der Waals surface area contributed by atoms with Crippen LogP contribution in [0.25, 0.3) is 0 Å². The van der Waals surface area contributed by atoms with Gasteiger partial charge in [0.25, 0.3) is 5.91 Å². The Morgan fingerprint density at radius 2 is 1.81 bits per heavy atom. The molecule has 1 heterocycles. The van der Waals surface area contributed by atoms with E-state index in [0.29, 0.717) is 12.1 Å². The number of aromatic hydroxyl groups is 1. The number of amides is 1. The number of aryl methyl sites for hydroxylation is 1. The zero-order valence-corrected chi connectivity index (χ0v) is 15.5. The zero-order chi connectivity index (χ0) is 18.5. The Morgan fingerprint density at radius 1 is 1.08 bits per heavy atom. The molecule has 1 amide bonds. The summed E-state index contributed by atoms with van der Waals surface area (Å²) in [5.41, 5.74) is 3.59. The number of nitrogens with zero attached hydrogens (tertiary/aromatic N) is 2. The molecule has 0 spiro atoms. The molecule has 2 N–H and O–H groups in total. The summed E-state index contributed by atoms with van der Waals surface area (Å²) >= 11 is 0. The maximum atomic E-state index is 12.3. The standard InChI is InChI=1S/C21H27N3O2/c1-16-6-7-20(25)19(12-16)21(26)22-14-17-4-3-5-18(13-17)15-24-10-8-23(2)9-11-24/h3-7,12-13,25H,8-11,14-15H2,1-2H3,(H,22,26).